The fourth-order valence-corrected chi connectivity index (χ4v) is 2.50. The maximum Gasteiger partial charge on any atom is 0.125 e. The maximum absolute atomic E-state index is 9.43. The van der Waals surface area contributed by atoms with Crippen LogP contribution in [0.2, 0.25) is 0 Å². The minimum atomic E-state index is 0.264. The van der Waals surface area contributed by atoms with Crippen LogP contribution in [0.15, 0.2) is 18.2 Å². The molecule has 106 valence electrons. The van der Waals surface area contributed by atoms with E-state index in [0.29, 0.717) is 0 Å². The number of ether oxygens (including phenoxy) is 1. The molecule has 0 atom stereocenters. The molecule has 0 saturated carbocycles. The van der Waals surface area contributed by atoms with Gasteiger partial charge in [-0.05, 0) is 38.1 Å². The number of phenols is 1. The first kappa shape index (κ1) is 14.2. The fraction of sp³-hybridized carbons (Fsp3) is 0.600. The lowest BCUT2D eigenvalue weighted by Gasteiger charge is -2.32. The van der Waals surface area contributed by atoms with Crippen LogP contribution in [-0.4, -0.2) is 61.8 Å². The van der Waals surface area contributed by atoms with Crippen LogP contribution in [0.1, 0.15) is 12.0 Å². The van der Waals surface area contributed by atoms with Crippen molar-refractivity contribution in [2.24, 2.45) is 0 Å². The number of piperazine rings is 1. The summed E-state index contributed by atoms with van der Waals surface area (Å²) in [5, 5.41) is 9.43. The molecular formula is C15H24N2O2. The van der Waals surface area contributed by atoms with E-state index in [9.17, 15) is 5.11 Å². The van der Waals surface area contributed by atoms with Crippen molar-refractivity contribution in [2.45, 2.75) is 12.8 Å². The molecule has 1 aromatic rings. The third-order valence-electron chi connectivity index (χ3n) is 3.79. The minimum absolute atomic E-state index is 0.264. The lowest BCUT2D eigenvalue weighted by molar-refractivity contribution is 0.153. The molecule has 1 saturated heterocycles. The van der Waals surface area contributed by atoms with Gasteiger partial charge in [-0.2, -0.15) is 0 Å². The van der Waals surface area contributed by atoms with Gasteiger partial charge in [0.05, 0.1) is 7.11 Å². The maximum atomic E-state index is 9.43. The van der Waals surface area contributed by atoms with Gasteiger partial charge in [-0.25, -0.2) is 0 Å². The summed E-state index contributed by atoms with van der Waals surface area (Å²) >= 11 is 0. The Morgan fingerprint density at radius 1 is 1.21 bits per heavy atom. The Morgan fingerprint density at radius 2 is 1.95 bits per heavy atom. The molecule has 0 aromatic heterocycles. The SMILES string of the molecule is COc1cc(O)ccc1CCCN1CCN(C)CC1. The van der Waals surface area contributed by atoms with Gasteiger partial charge in [-0.3, -0.25) is 0 Å². The third kappa shape index (κ3) is 4.11. The number of aryl methyl sites for hydroxylation is 1. The molecule has 4 heteroatoms. The van der Waals surface area contributed by atoms with E-state index in [4.69, 9.17) is 4.74 Å². The highest BCUT2D eigenvalue weighted by Crippen LogP contribution is 2.24. The van der Waals surface area contributed by atoms with Gasteiger partial charge in [0.1, 0.15) is 11.5 Å². The van der Waals surface area contributed by atoms with Crippen LogP contribution in [0.5, 0.6) is 11.5 Å². The van der Waals surface area contributed by atoms with Crippen molar-refractivity contribution >= 4 is 0 Å². The number of benzene rings is 1. The second-order valence-electron chi connectivity index (χ2n) is 5.24. The van der Waals surface area contributed by atoms with Gasteiger partial charge in [0, 0.05) is 32.2 Å². The first-order valence-corrected chi connectivity index (χ1v) is 6.96. The lowest BCUT2D eigenvalue weighted by Crippen LogP contribution is -2.44. The van der Waals surface area contributed by atoms with Crippen LogP contribution >= 0.6 is 0 Å². The smallest absolute Gasteiger partial charge is 0.125 e. The van der Waals surface area contributed by atoms with Crippen LogP contribution in [0.4, 0.5) is 0 Å². The molecule has 0 bridgehead atoms. The summed E-state index contributed by atoms with van der Waals surface area (Å²) in [6.07, 6.45) is 2.13. The largest absolute Gasteiger partial charge is 0.508 e. The Kier molecular flexibility index (Phi) is 5.05. The molecule has 1 aliphatic heterocycles. The summed E-state index contributed by atoms with van der Waals surface area (Å²) in [6, 6.07) is 5.37. The van der Waals surface area contributed by atoms with Crippen molar-refractivity contribution in [3.63, 3.8) is 0 Å². The number of hydrogen-bond acceptors (Lipinski definition) is 4. The van der Waals surface area contributed by atoms with E-state index in [0.717, 1.165) is 25.1 Å². The quantitative estimate of drug-likeness (QED) is 0.876. The average molecular weight is 264 g/mol. The van der Waals surface area contributed by atoms with Gasteiger partial charge in [0.25, 0.3) is 0 Å². The number of hydrogen-bond donors (Lipinski definition) is 1. The summed E-state index contributed by atoms with van der Waals surface area (Å²) in [4.78, 5) is 4.90. The predicted molar refractivity (Wildman–Crippen MR) is 76.9 cm³/mol. The molecular weight excluding hydrogens is 240 g/mol. The predicted octanol–water partition coefficient (Wildman–Crippen LogP) is 1.58. The molecule has 1 N–H and O–H groups in total. The number of rotatable bonds is 5. The van der Waals surface area contributed by atoms with E-state index < -0.39 is 0 Å². The number of aromatic hydroxyl groups is 1. The second kappa shape index (κ2) is 6.78. The third-order valence-corrected chi connectivity index (χ3v) is 3.79. The topological polar surface area (TPSA) is 35.9 Å². The minimum Gasteiger partial charge on any atom is -0.508 e. The standard InChI is InChI=1S/C15H24N2O2/c1-16-8-10-17(11-9-16)7-3-4-13-5-6-14(18)12-15(13)19-2/h5-6,12,18H,3-4,7-11H2,1-2H3. The van der Waals surface area contributed by atoms with Crippen LogP contribution in [0, 0.1) is 0 Å². The Labute approximate surface area is 115 Å². The van der Waals surface area contributed by atoms with Crippen LogP contribution in [-0.2, 0) is 6.42 Å². The fourth-order valence-electron chi connectivity index (χ4n) is 2.50. The van der Waals surface area contributed by atoms with Gasteiger partial charge in [0.2, 0.25) is 0 Å². The monoisotopic (exact) mass is 264 g/mol. The van der Waals surface area contributed by atoms with Gasteiger partial charge >= 0.3 is 0 Å². The van der Waals surface area contributed by atoms with Gasteiger partial charge < -0.3 is 19.6 Å². The van der Waals surface area contributed by atoms with Crippen molar-refractivity contribution in [3.05, 3.63) is 23.8 Å². The first-order valence-electron chi connectivity index (χ1n) is 6.96. The van der Waals surface area contributed by atoms with Gasteiger partial charge in [-0.1, -0.05) is 6.07 Å². The van der Waals surface area contributed by atoms with E-state index in [1.165, 1.54) is 31.7 Å². The highest BCUT2D eigenvalue weighted by atomic mass is 16.5. The summed E-state index contributed by atoms with van der Waals surface area (Å²) in [7, 11) is 3.83. The molecule has 0 aliphatic carbocycles. The Hall–Kier alpha value is -1.26. The number of phenolic OH excluding ortho intramolecular Hbond substituents is 1. The lowest BCUT2D eigenvalue weighted by atomic mass is 10.1. The van der Waals surface area contributed by atoms with E-state index in [1.54, 1.807) is 19.2 Å². The zero-order valence-corrected chi connectivity index (χ0v) is 11.9. The zero-order chi connectivity index (χ0) is 13.7. The first-order chi connectivity index (χ1) is 9.19. The molecule has 1 aromatic carbocycles. The van der Waals surface area contributed by atoms with Crippen molar-refractivity contribution < 1.29 is 9.84 Å². The van der Waals surface area contributed by atoms with Crippen molar-refractivity contribution in [2.75, 3.05) is 46.9 Å². The normalized spacial score (nSPS) is 17.6. The molecule has 1 heterocycles. The van der Waals surface area contributed by atoms with Crippen LogP contribution < -0.4 is 4.74 Å². The summed E-state index contributed by atoms with van der Waals surface area (Å²) in [5.74, 6) is 1.05. The number of likely N-dealkylation sites (N-methyl/N-ethyl adjacent to an activating group) is 1. The second-order valence-corrected chi connectivity index (χ2v) is 5.24. The van der Waals surface area contributed by atoms with Crippen molar-refractivity contribution in [1.82, 2.24) is 9.80 Å². The van der Waals surface area contributed by atoms with E-state index >= 15 is 0 Å². The van der Waals surface area contributed by atoms with Gasteiger partial charge in [-0.15, -0.1) is 0 Å². The summed E-state index contributed by atoms with van der Waals surface area (Å²) in [5.41, 5.74) is 1.18. The molecule has 4 nitrogen and oxygen atoms in total. The van der Waals surface area contributed by atoms with Crippen molar-refractivity contribution in [1.29, 1.82) is 0 Å². The Morgan fingerprint density at radius 3 is 2.63 bits per heavy atom. The van der Waals surface area contributed by atoms with E-state index in [1.807, 2.05) is 6.07 Å². The highest BCUT2D eigenvalue weighted by molar-refractivity contribution is 5.40. The molecule has 2 rings (SSSR count). The Balaban J connectivity index is 1.79. The molecule has 0 spiro atoms. The van der Waals surface area contributed by atoms with Crippen LogP contribution in [0.3, 0.4) is 0 Å². The summed E-state index contributed by atoms with van der Waals surface area (Å²) in [6.45, 7) is 5.81. The number of methoxy groups -OCH3 is 1. The van der Waals surface area contributed by atoms with Crippen molar-refractivity contribution in [3.8, 4) is 11.5 Å². The van der Waals surface area contributed by atoms with E-state index in [-0.39, 0.29) is 5.75 Å². The molecule has 0 unspecified atom stereocenters. The molecule has 0 radical (unpaired) electrons. The Bertz CT molecular complexity index is 401. The highest BCUT2D eigenvalue weighted by Gasteiger charge is 2.13. The van der Waals surface area contributed by atoms with Gasteiger partial charge in [0.15, 0.2) is 0 Å². The molecule has 1 aliphatic rings. The average Bonchev–Trinajstić information content (AvgIpc) is 2.42. The zero-order valence-electron chi connectivity index (χ0n) is 11.9. The van der Waals surface area contributed by atoms with Crippen LogP contribution in [0.25, 0.3) is 0 Å². The summed E-state index contributed by atoms with van der Waals surface area (Å²) < 4.78 is 5.30. The van der Waals surface area contributed by atoms with E-state index in [2.05, 4.69) is 16.8 Å². The molecule has 19 heavy (non-hydrogen) atoms. The number of nitrogens with zero attached hydrogens (tertiary/aromatic N) is 2. The molecule has 0 amide bonds. The molecule has 1 fully saturated rings.